The molecule has 0 atom stereocenters. The maximum absolute atomic E-state index is 5.91. The third kappa shape index (κ3) is 3.88. The molecule has 0 spiro atoms. The van der Waals surface area contributed by atoms with E-state index in [-0.39, 0.29) is 45.6 Å². The molecule has 1 fully saturated rings. The number of nitrogens with two attached hydrogens (primary N) is 1. The summed E-state index contributed by atoms with van der Waals surface area (Å²) in [6, 6.07) is 1.99. The van der Waals surface area contributed by atoms with Crippen LogP contribution in [0.3, 0.4) is 0 Å². The summed E-state index contributed by atoms with van der Waals surface area (Å²) in [4.78, 5) is 0. The molecule has 1 aromatic rings. The Kier molecular flexibility index (Phi) is 8.20. The van der Waals surface area contributed by atoms with E-state index in [1.807, 2.05) is 19.3 Å². The Balaban J connectivity index is 0. The van der Waals surface area contributed by atoms with Crippen LogP contribution in [0.5, 0.6) is 0 Å². The van der Waals surface area contributed by atoms with Crippen molar-refractivity contribution >= 4 is 23.1 Å². The molecule has 1 saturated carbocycles. The van der Waals surface area contributed by atoms with Gasteiger partial charge in [0.25, 0.3) is 0 Å². The molecule has 0 aliphatic heterocycles. The van der Waals surface area contributed by atoms with Crippen molar-refractivity contribution in [1.29, 1.82) is 0 Å². The van der Waals surface area contributed by atoms with Crippen LogP contribution in [0.2, 0.25) is 0 Å². The maximum Gasteiger partial charge on any atom is 2.00 e. The Morgan fingerprint density at radius 2 is 2.00 bits per heavy atom. The van der Waals surface area contributed by atoms with Gasteiger partial charge in [-0.2, -0.15) is 12.0 Å². The molecular formula is C9H16BrMgN3. The van der Waals surface area contributed by atoms with Crippen molar-refractivity contribution < 1.29 is 17.0 Å². The molecule has 0 amide bonds. The number of halogens is 1. The molecule has 2 rings (SSSR count). The van der Waals surface area contributed by atoms with Crippen LogP contribution in [0.4, 0.5) is 0 Å². The standard InChI is InChI=1S/C7H11N3.C2H5.BrH.Mg/c1-10-5-2-6(9-10)7(8)3-4-7;1-2;;/h2,5H,3-4,8H2,1H3;1H2,2H3;1H;/q;-1;;+2/p-1. The van der Waals surface area contributed by atoms with Crippen LogP contribution in [0.15, 0.2) is 12.3 Å². The van der Waals surface area contributed by atoms with Gasteiger partial charge in [0, 0.05) is 13.2 Å². The molecule has 14 heavy (non-hydrogen) atoms. The van der Waals surface area contributed by atoms with Gasteiger partial charge in [-0.3, -0.25) is 4.68 Å². The molecule has 1 heterocycles. The Labute approximate surface area is 112 Å². The van der Waals surface area contributed by atoms with Crippen LogP contribution in [-0.2, 0) is 12.6 Å². The van der Waals surface area contributed by atoms with E-state index >= 15 is 0 Å². The minimum atomic E-state index is -0.0682. The minimum absolute atomic E-state index is 0. The molecule has 1 aliphatic rings. The molecule has 3 nitrogen and oxygen atoms in total. The molecule has 0 saturated heterocycles. The molecule has 1 aromatic heterocycles. The van der Waals surface area contributed by atoms with Gasteiger partial charge >= 0.3 is 23.1 Å². The first-order chi connectivity index (χ1) is 5.71. The largest absolute Gasteiger partial charge is 2.00 e. The molecule has 0 radical (unpaired) electrons. The SMILES string of the molecule is Cn1ccc(C2(N)CC2)n1.[Br-].[CH2-]C.[Mg+2]. The van der Waals surface area contributed by atoms with Crippen molar-refractivity contribution in [3.63, 3.8) is 0 Å². The second-order valence-electron chi connectivity index (χ2n) is 3.03. The van der Waals surface area contributed by atoms with E-state index in [9.17, 15) is 0 Å². The molecule has 0 aromatic carbocycles. The number of aromatic nitrogens is 2. The zero-order valence-electron chi connectivity index (χ0n) is 8.83. The first kappa shape index (κ1) is 16.8. The fourth-order valence-corrected chi connectivity index (χ4v) is 1.07. The average Bonchev–Trinajstić information content (AvgIpc) is 2.66. The van der Waals surface area contributed by atoms with Crippen molar-refractivity contribution in [2.75, 3.05) is 0 Å². The number of hydrogen-bond donors (Lipinski definition) is 1. The molecule has 5 heteroatoms. The van der Waals surface area contributed by atoms with E-state index < -0.39 is 0 Å². The van der Waals surface area contributed by atoms with Crippen molar-refractivity contribution in [2.45, 2.75) is 25.3 Å². The fourth-order valence-electron chi connectivity index (χ4n) is 1.07. The van der Waals surface area contributed by atoms with Crippen LogP contribution in [0.25, 0.3) is 0 Å². The van der Waals surface area contributed by atoms with Crippen molar-refractivity contribution in [2.24, 2.45) is 12.8 Å². The average molecular weight is 270 g/mol. The topological polar surface area (TPSA) is 43.8 Å². The van der Waals surface area contributed by atoms with Gasteiger partial charge in [0.1, 0.15) is 0 Å². The van der Waals surface area contributed by atoms with Gasteiger partial charge in [0.15, 0.2) is 0 Å². The predicted molar refractivity (Wildman–Crippen MR) is 55.1 cm³/mol. The zero-order valence-corrected chi connectivity index (χ0v) is 11.8. The summed E-state index contributed by atoms with van der Waals surface area (Å²) >= 11 is 0. The van der Waals surface area contributed by atoms with E-state index in [4.69, 9.17) is 5.73 Å². The van der Waals surface area contributed by atoms with Crippen LogP contribution in [0, 0.1) is 6.92 Å². The van der Waals surface area contributed by atoms with E-state index in [1.165, 1.54) is 0 Å². The zero-order chi connectivity index (χ0) is 9.19. The van der Waals surface area contributed by atoms with Crippen LogP contribution in [0.1, 0.15) is 25.5 Å². The summed E-state index contributed by atoms with van der Waals surface area (Å²) in [6.07, 6.45) is 4.11. The Bertz CT molecular complexity index is 258. The Morgan fingerprint density at radius 1 is 1.50 bits per heavy atom. The molecule has 0 bridgehead atoms. The smallest absolute Gasteiger partial charge is 1.00 e. The molecule has 76 valence electrons. The first-order valence-electron chi connectivity index (χ1n) is 4.20. The molecule has 0 unspecified atom stereocenters. The third-order valence-electron chi connectivity index (χ3n) is 2.01. The van der Waals surface area contributed by atoms with Gasteiger partial charge in [0.05, 0.1) is 11.2 Å². The summed E-state index contributed by atoms with van der Waals surface area (Å²) in [5.74, 6) is 0. The van der Waals surface area contributed by atoms with Crippen molar-refractivity contribution in [3.05, 3.63) is 24.9 Å². The van der Waals surface area contributed by atoms with E-state index in [1.54, 1.807) is 11.6 Å². The maximum atomic E-state index is 5.91. The molecule has 1 aliphatic carbocycles. The van der Waals surface area contributed by atoms with Crippen LogP contribution in [-0.4, -0.2) is 32.8 Å². The Hall–Kier alpha value is 0.416. The van der Waals surface area contributed by atoms with E-state index in [0.717, 1.165) is 18.5 Å². The fraction of sp³-hybridized carbons (Fsp3) is 0.556. The normalized spacial score (nSPS) is 15.4. The summed E-state index contributed by atoms with van der Waals surface area (Å²) in [5.41, 5.74) is 6.87. The van der Waals surface area contributed by atoms with Gasteiger partial charge in [0.2, 0.25) is 0 Å². The first-order valence-corrected chi connectivity index (χ1v) is 4.20. The van der Waals surface area contributed by atoms with Gasteiger partial charge in [-0.15, -0.1) is 0 Å². The minimum Gasteiger partial charge on any atom is -1.00 e. The summed E-state index contributed by atoms with van der Waals surface area (Å²) in [7, 11) is 1.91. The van der Waals surface area contributed by atoms with Crippen LogP contribution < -0.4 is 22.7 Å². The predicted octanol–water partition coefficient (Wildman–Crippen LogP) is -2.17. The Morgan fingerprint density at radius 3 is 2.29 bits per heavy atom. The summed E-state index contributed by atoms with van der Waals surface area (Å²) < 4.78 is 1.79. The van der Waals surface area contributed by atoms with Crippen molar-refractivity contribution in [1.82, 2.24) is 9.78 Å². The van der Waals surface area contributed by atoms with E-state index in [2.05, 4.69) is 12.0 Å². The number of hydrogen-bond acceptors (Lipinski definition) is 2. The van der Waals surface area contributed by atoms with Gasteiger partial charge < -0.3 is 29.6 Å². The molecular weight excluding hydrogens is 254 g/mol. The number of aryl methyl sites for hydroxylation is 1. The quantitative estimate of drug-likeness (QED) is 0.466. The number of rotatable bonds is 1. The second-order valence-corrected chi connectivity index (χ2v) is 3.03. The monoisotopic (exact) mass is 269 g/mol. The third-order valence-corrected chi connectivity index (χ3v) is 2.01. The number of nitrogens with zero attached hydrogens (tertiary/aromatic N) is 2. The van der Waals surface area contributed by atoms with E-state index in [0.29, 0.717) is 0 Å². The van der Waals surface area contributed by atoms with Gasteiger partial charge in [-0.05, 0) is 18.9 Å². The summed E-state index contributed by atoms with van der Waals surface area (Å²) in [6.45, 7) is 5.00. The van der Waals surface area contributed by atoms with Gasteiger partial charge in [-0.1, -0.05) is 0 Å². The van der Waals surface area contributed by atoms with Crippen LogP contribution >= 0.6 is 0 Å². The molecule has 2 N–H and O–H groups in total. The second kappa shape index (κ2) is 6.82. The van der Waals surface area contributed by atoms with Crippen molar-refractivity contribution in [3.8, 4) is 0 Å². The summed E-state index contributed by atoms with van der Waals surface area (Å²) in [5, 5.41) is 4.24. The van der Waals surface area contributed by atoms with Gasteiger partial charge in [-0.25, -0.2) is 0 Å².